The molecule has 4 aliphatic rings. The number of carbonyl (C=O) groups is 2. The van der Waals surface area contributed by atoms with E-state index in [1.807, 2.05) is 31.2 Å². The average molecular weight is 617 g/mol. The standard InChI is InChI=1S/C37H40N6O3/c1-24(42-46-4)34-29(17-30-18-31(34)36(30,2)3)23-43-33(19-32(44)28-7-5-27(22-38)6-8-28)41-37(35(43)45,20-25-9-13-39-14-10-25)21-26-11-15-40-16-12-26/h5-16,19,29-31,34,41H,17-18,20-21,23H2,1-4H3. The molecule has 1 amide bonds. The van der Waals surface area contributed by atoms with Crippen molar-refractivity contribution in [1.29, 1.82) is 5.26 Å². The molecule has 0 radical (unpaired) electrons. The summed E-state index contributed by atoms with van der Waals surface area (Å²) in [5, 5.41) is 17.2. The molecule has 1 aliphatic heterocycles. The molecule has 46 heavy (non-hydrogen) atoms. The van der Waals surface area contributed by atoms with Gasteiger partial charge < -0.3 is 10.2 Å². The Balaban J connectivity index is 1.41. The third kappa shape index (κ3) is 5.80. The summed E-state index contributed by atoms with van der Waals surface area (Å²) in [5.41, 5.74) is 2.95. The number of ketones is 1. The van der Waals surface area contributed by atoms with Gasteiger partial charge in [0.15, 0.2) is 5.78 Å². The van der Waals surface area contributed by atoms with Crippen molar-refractivity contribution in [2.45, 2.75) is 52.0 Å². The highest BCUT2D eigenvalue weighted by Gasteiger charge is 2.59. The van der Waals surface area contributed by atoms with Crippen LogP contribution in [0.5, 0.6) is 0 Å². The van der Waals surface area contributed by atoms with Gasteiger partial charge in [-0.25, -0.2) is 0 Å². The Kier molecular flexibility index (Phi) is 8.47. The first-order valence-electron chi connectivity index (χ1n) is 15.9. The van der Waals surface area contributed by atoms with Crippen LogP contribution in [0.2, 0.25) is 0 Å². The lowest BCUT2D eigenvalue weighted by atomic mass is 9.42. The molecule has 3 heterocycles. The molecule has 4 fully saturated rings. The third-order valence-electron chi connectivity index (χ3n) is 10.6. The normalized spacial score (nSPS) is 25.4. The summed E-state index contributed by atoms with van der Waals surface area (Å²) in [6.45, 7) is 7.17. The van der Waals surface area contributed by atoms with Crippen molar-refractivity contribution in [3.8, 4) is 6.07 Å². The third-order valence-corrected chi connectivity index (χ3v) is 10.6. The highest BCUT2D eigenvalue weighted by molar-refractivity contribution is 6.06. The predicted molar refractivity (Wildman–Crippen MR) is 174 cm³/mol. The number of carbonyl (C=O) groups excluding carboxylic acids is 2. The van der Waals surface area contributed by atoms with Gasteiger partial charge in [-0.2, -0.15) is 5.26 Å². The summed E-state index contributed by atoms with van der Waals surface area (Å²) in [7, 11) is 1.58. The SMILES string of the molecule is CON=C(C)C1C(CN2C(=O)C(Cc3ccncc3)(Cc3ccncc3)NC2=CC(=O)c2ccc(C#N)cc2)CC2CC1C2(C)C. The van der Waals surface area contributed by atoms with E-state index in [9.17, 15) is 14.9 Å². The Labute approximate surface area is 270 Å². The zero-order valence-corrected chi connectivity index (χ0v) is 26.8. The molecule has 3 aromatic rings. The van der Waals surface area contributed by atoms with E-state index in [0.717, 1.165) is 29.7 Å². The molecule has 1 aromatic carbocycles. The number of nitriles is 1. The van der Waals surface area contributed by atoms with Crippen LogP contribution in [0, 0.1) is 40.4 Å². The van der Waals surface area contributed by atoms with Crippen molar-refractivity contribution in [3.05, 3.63) is 107 Å². The van der Waals surface area contributed by atoms with Crippen molar-refractivity contribution in [3.63, 3.8) is 0 Å². The fraction of sp³-hybridized carbons (Fsp3) is 0.405. The maximum absolute atomic E-state index is 14.9. The summed E-state index contributed by atoms with van der Waals surface area (Å²) in [4.78, 5) is 44.0. The van der Waals surface area contributed by atoms with Crippen LogP contribution >= 0.6 is 0 Å². The van der Waals surface area contributed by atoms with Crippen LogP contribution in [-0.2, 0) is 22.5 Å². The molecular formula is C37H40N6O3. The summed E-state index contributed by atoms with van der Waals surface area (Å²) in [6.07, 6.45) is 11.4. The van der Waals surface area contributed by atoms with Crippen LogP contribution in [0.3, 0.4) is 0 Å². The van der Waals surface area contributed by atoms with Crippen molar-refractivity contribution in [2.75, 3.05) is 13.7 Å². The van der Waals surface area contributed by atoms with Gasteiger partial charge in [-0.1, -0.05) is 19.0 Å². The number of oxime groups is 1. The van der Waals surface area contributed by atoms with Crippen LogP contribution in [-0.4, -0.2) is 51.5 Å². The van der Waals surface area contributed by atoms with E-state index in [1.54, 1.807) is 67.1 Å². The van der Waals surface area contributed by atoms with E-state index in [2.05, 4.69) is 40.4 Å². The number of rotatable bonds is 10. The first kappa shape index (κ1) is 31.2. The van der Waals surface area contributed by atoms with E-state index >= 15 is 0 Å². The zero-order chi connectivity index (χ0) is 32.5. The summed E-state index contributed by atoms with van der Waals surface area (Å²) >= 11 is 0. The second-order valence-corrected chi connectivity index (χ2v) is 13.6. The number of allylic oxidation sites excluding steroid dienone is 1. The molecule has 4 atom stereocenters. The van der Waals surface area contributed by atoms with Crippen LogP contribution < -0.4 is 5.32 Å². The molecule has 9 nitrogen and oxygen atoms in total. The monoisotopic (exact) mass is 616 g/mol. The summed E-state index contributed by atoms with van der Waals surface area (Å²) in [6, 6.07) is 16.4. The van der Waals surface area contributed by atoms with E-state index in [-0.39, 0.29) is 28.9 Å². The van der Waals surface area contributed by atoms with Crippen molar-refractivity contribution >= 4 is 17.4 Å². The van der Waals surface area contributed by atoms with Crippen molar-refractivity contribution < 1.29 is 14.4 Å². The number of pyridine rings is 2. The first-order chi connectivity index (χ1) is 22.1. The fourth-order valence-electron chi connectivity index (χ4n) is 8.11. The van der Waals surface area contributed by atoms with E-state index in [0.29, 0.717) is 48.2 Å². The van der Waals surface area contributed by atoms with Crippen molar-refractivity contribution in [2.24, 2.45) is 34.2 Å². The molecule has 2 aromatic heterocycles. The molecule has 0 spiro atoms. The number of amides is 1. The van der Waals surface area contributed by atoms with Crippen LogP contribution in [0.15, 0.2) is 90.4 Å². The van der Waals surface area contributed by atoms with Gasteiger partial charge >= 0.3 is 0 Å². The number of hydrogen-bond acceptors (Lipinski definition) is 8. The number of fused-ring (bicyclic) bond motifs is 2. The molecular weight excluding hydrogens is 576 g/mol. The zero-order valence-electron chi connectivity index (χ0n) is 26.8. The van der Waals surface area contributed by atoms with Crippen LogP contribution in [0.25, 0.3) is 0 Å². The number of nitrogens with zero attached hydrogens (tertiary/aromatic N) is 5. The largest absolute Gasteiger partial charge is 0.399 e. The average Bonchev–Trinajstić information content (AvgIpc) is 3.30. The van der Waals surface area contributed by atoms with Gasteiger partial charge in [-0.15, -0.1) is 0 Å². The van der Waals surface area contributed by atoms with Gasteiger partial charge in [-0.3, -0.25) is 24.5 Å². The number of aromatic nitrogens is 2. The molecule has 7 rings (SSSR count). The molecule has 9 heteroatoms. The highest BCUT2D eigenvalue weighted by atomic mass is 16.6. The van der Waals surface area contributed by atoms with E-state index < -0.39 is 5.54 Å². The van der Waals surface area contributed by atoms with Gasteiger partial charge in [0.05, 0.1) is 17.3 Å². The second kappa shape index (κ2) is 12.5. The van der Waals surface area contributed by atoms with Gasteiger partial charge in [0, 0.05) is 61.7 Å². The molecule has 3 aliphatic carbocycles. The number of nitrogens with one attached hydrogen (secondary N) is 1. The molecule has 2 bridgehead atoms. The van der Waals surface area contributed by atoms with Gasteiger partial charge in [0.2, 0.25) is 0 Å². The molecule has 4 unspecified atom stereocenters. The Bertz CT molecular complexity index is 1650. The van der Waals surface area contributed by atoms with Crippen LogP contribution in [0.4, 0.5) is 0 Å². The fourth-order valence-corrected chi connectivity index (χ4v) is 8.11. The van der Waals surface area contributed by atoms with Crippen LogP contribution in [0.1, 0.15) is 60.7 Å². The maximum atomic E-state index is 14.9. The predicted octanol–water partition coefficient (Wildman–Crippen LogP) is 5.35. The summed E-state index contributed by atoms with van der Waals surface area (Å²) in [5.74, 6) is 1.47. The van der Waals surface area contributed by atoms with E-state index in [1.165, 1.54) is 0 Å². The minimum Gasteiger partial charge on any atom is -0.399 e. The lowest BCUT2D eigenvalue weighted by Crippen LogP contribution is -2.59. The van der Waals surface area contributed by atoms with E-state index in [4.69, 9.17) is 4.84 Å². The summed E-state index contributed by atoms with van der Waals surface area (Å²) < 4.78 is 0. The van der Waals surface area contributed by atoms with Gasteiger partial charge in [-0.05, 0) is 103 Å². The minimum absolute atomic E-state index is 0.0707. The maximum Gasteiger partial charge on any atom is 0.254 e. The lowest BCUT2D eigenvalue weighted by Gasteiger charge is -2.62. The first-order valence-corrected chi connectivity index (χ1v) is 15.9. The Morgan fingerprint density at radius 2 is 1.65 bits per heavy atom. The molecule has 236 valence electrons. The Hall–Kier alpha value is -4.84. The molecule has 1 saturated heterocycles. The Morgan fingerprint density at radius 1 is 1.04 bits per heavy atom. The topological polar surface area (TPSA) is 121 Å². The smallest absolute Gasteiger partial charge is 0.254 e. The number of hydrogen-bond donors (Lipinski definition) is 1. The van der Waals surface area contributed by atoms with Gasteiger partial charge in [0.25, 0.3) is 5.91 Å². The minimum atomic E-state index is -1.04. The van der Waals surface area contributed by atoms with Gasteiger partial charge in [0.1, 0.15) is 18.5 Å². The quantitative estimate of drug-likeness (QED) is 0.141. The second-order valence-electron chi connectivity index (χ2n) is 13.6. The molecule has 1 N–H and O–H groups in total. The lowest BCUT2D eigenvalue weighted by molar-refractivity contribution is -0.137. The number of benzene rings is 1. The Morgan fingerprint density at radius 3 is 2.20 bits per heavy atom. The highest BCUT2D eigenvalue weighted by Crippen LogP contribution is 2.63. The molecule has 3 saturated carbocycles. The van der Waals surface area contributed by atoms with Crippen molar-refractivity contribution in [1.82, 2.24) is 20.2 Å².